The number of amides is 1. The molecule has 0 aliphatic carbocycles. The summed E-state index contributed by atoms with van der Waals surface area (Å²) in [7, 11) is 0. The molecule has 2 aromatic rings. The van der Waals surface area contributed by atoms with E-state index in [9.17, 15) is 19.1 Å². The molecule has 0 saturated carbocycles. The minimum atomic E-state index is -0.767. The number of halogens is 1. The molecule has 1 aromatic carbocycles. The predicted molar refractivity (Wildman–Crippen MR) is 98.1 cm³/mol. The van der Waals surface area contributed by atoms with Crippen LogP contribution in [0.15, 0.2) is 53.1 Å². The van der Waals surface area contributed by atoms with Crippen LogP contribution in [0.25, 0.3) is 0 Å². The van der Waals surface area contributed by atoms with E-state index in [-0.39, 0.29) is 24.0 Å². The minimum Gasteiger partial charge on any atom is -0.503 e. The second-order valence-corrected chi connectivity index (χ2v) is 7.56. The second kappa shape index (κ2) is 7.25. The highest BCUT2D eigenvalue weighted by molar-refractivity contribution is 7.12. The number of aliphatic hydroxyl groups excluding tert-OH is 1. The van der Waals surface area contributed by atoms with E-state index in [0.29, 0.717) is 17.0 Å². The molecule has 1 saturated heterocycles. The number of rotatable bonds is 5. The van der Waals surface area contributed by atoms with Gasteiger partial charge >= 0.3 is 0 Å². The number of ketones is 1. The zero-order chi connectivity index (χ0) is 19.0. The third kappa shape index (κ3) is 3.28. The zero-order valence-electron chi connectivity index (χ0n) is 14.4. The summed E-state index contributed by atoms with van der Waals surface area (Å²) in [6.07, 6.45) is 1.59. The third-order valence-electron chi connectivity index (χ3n) is 4.90. The Morgan fingerprint density at radius 3 is 2.70 bits per heavy atom. The molecule has 0 spiro atoms. The highest BCUT2D eigenvalue weighted by Gasteiger charge is 2.45. The van der Waals surface area contributed by atoms with Gasteiger partial charge in [-0.05, 0) is 42.0 Å². The summed E-state index contributed by atoms with van der Waals surface area (Å²) in [5, 5.41) is 12.3. The van der Waals surface area contributed by atoms with Crippen LogP contribution in [0.2, 0.25) is 0 Å². The van der Waals surface area contributed by atoms with Gasteiger partial charge in [0.25, 0.3) is 5.91 Å². The quantitative estimate of drug-likeness (QED) is 0.796. The number of Topliss-reactive ketones (excluding diaryl/α,β-unsaturated/α-hetero) is 1. The maximum absolute atomic E-state index is 13.4. The monoisotopic (exact) mass is 387 g/mol. The van der Waals surface area contributed by atoms with Crippen LogP contribution in [0.1, 0.15) is 34.1 Å². The minimum absolute atomic E-state index is 0.0343. The number of nitrogens with zero attached hydrogens (tertiary/aromatic N) is 1. The third-order valence-corrected chi connectivity index (χ3v) is 5.77. The van der Waals surface area contributed by atoms with E-state index in [1.807, 2.05) is 0 Å². The summed E-state index contributed by atoms with van der Waals surface area (Å²) in [6.45, 7) is 0.903. The molecule has 140 valence electrons. The lowest BCUT2D eigenvalue weighted by Gasteiger charge is -2.28. The highest BCUT2D eigenvalue weighted by atomic mass is 32.1. The van der Waals surface area contributed by atoms with Crippen molar-refractivity contribution in [3.63, 3.8) is 0 Å². The number of hydrogen-bond acceptors (Lipinski definition) is 5. The molecule has 1 fully saturated rings. The molecule has 1 amide bonds. The second-order valence-electron chi connectivity index (χ2n) is 6.62. The van der Waals surface area contributed by atoms with Crippen LogP contribution in [-0.4, -0.2) is 41.0 Å². The Labute approximate surface area is 159 Å². The van der Waals surface area contributed by atoms with Crippen molar-refractivity contribution in [1.29, 1.82) is 0 Å². The van der Waals surface area contributed by atoms with E-state index in [4.69, 9.17) is 4.74 Å². The Balaban J connectivity index is 1.75. The van der Waals surface area contributed by atoms with Crippen molar-refractivity contribution < 1.29 is 23.8 Å². The van der Waals surface area contributed by atoms with Crippen molar-refractivity contribution >= 4 is 23.0 Å². The normalized spacial score (nSPS) is 22.7. The van der Waals surface area contributed by atoms with E-state index in [0.717, 1.165) is 12.8 Å². The average Bonchev–Trinajstić information content (AvgIpc) is 3.41. The van der Waals surface area contributed by atoms with Gasteiger partial charge in [0, 0.05) is 13.2 Å². The first-order valence-electron chi connectivity index (χ1n) is 8.75. The molecule has 5 nitrogen and oxygen atoms in total. The number of hydrogen-bond donors (Lipinski definition) is 1. The van der Waals surface area contributed by atoms with Gasteiger partial charge in [-0.15, -0.1) is 11.3 Å². The van der Waals surface area contributed by atoms with E-state index in [1.165, 1.54) is 40.5 Å². The smallest absolute Gasteiger partial charge is 0.290 e. The molecular weight excluding hydrogens is 369 g/mol. The highest BCUT2D eigenvalue weighted by Crippen LogP contribution is 2.40. The number of thiophene rings is 1. The van der Waals surface area contributed by atoms with Gasteiger partial charge in [-0.1, -0.05) is 18.2 Å². The van der Waals surface area contributed by atoms with Gasteiger partial charge < -0.3 is 14.7 Å². The van der Waals surface area contributed by atoms with Gasteiger partial charge in [0.1, 0.15) is 5.82 Å². The molecule has 0 bridgehead atoms. The van der Waals surface area contributed by atoms with Crippen LogP contribution in [0, 0.1) is 5.82 Å². The van der Waals surface area contributed by atoms with Gasteiger partial charge in [0.05, 0.1) is 22.6 Å². The lowest BCUT2D eigenvalue weighted by Crippen LogP contribution is -2.37. The number of carbonyl (C=O) groups is 2. The molecule has 2 aliphatic heterocycles. The van der Waals surface area contributed by atoms with Crippen molar-refractivity contribution in [3.05, 3.63) is 69.4 Å². The maximum atomic E-state index is 13.4. The Hall–Kier alpha value is -2.51. The number of aliphatic hydroxyl groups is 1. The molecule has 7 heteroatoms. The number of benzene rings is 1. The first kappa shape index (κ1) is 17.9. The summed E-state index contributed by atoms with van der Waals surface area (Å²) in [5.74, 6) is -1.94. The van der Waals surface area contributed by atoms with Gasteiger partial charge in [-0.25, -0.2) is 4.39 Å². The van der Waals surface area contributed by atoms with Crippen LogP contribution in [0.4, 0.5) is 4.39 Å². The van der Waals surface area contributed by atoms with Crippen molar-refractivity contribution in [2.75, 3.05) is 13.2 Å². The average molecular weight is 387 g/mol. The molecule has 1 N–H and O–H groups in total. The Morgan fingerprint density at radius 2 is 2.07 bits per heavy atom. The molecular formula is C20H18FNO4S. The summed E-state index contributed by atoms with van der Waals surface area (Å²) in [6, 6.07) is 8.27. The lowest BCUT2D eigenvalue weighted by atomic mass is 9.95. The van der Waals surface area contributed by atoms with Crippen LogP contribution in [-0.2, 0) is 9.53 Å². The molecule has 3 heterocycles. The SMILES string of the molecule is O=C(C1=C(O)C(=O)N(CC2CCCO2)C1c1ccc(F)cc1)c1cccs1. The van der Waals surface area contributed by atoms with Crippen molar-refractivity contribution in [3.8, 4) is 0 Å². The van der Waals surface area contributed by atoms with Crippen LogP contribution >= 0.6 is 11.3 Å². The number of carbonyl (C=O) groups excluding carboxylic acids is 2. The fourth-order valence-electron chi connectivity index (χ4n) is 3.61. The Morgan fingerprint density at radius 1 is 1.30 bits per heavy atom. The van der Waals surface area contributed by atoms with Crippen molar-refractivity contribution in [2.45, 2.75) is 25.0 Å². The summed E-state index contributed by atoms with van der Waals surface area (Å²) in [5.41, 5.74) is 0.610. The van der Waals surface area contributed by atoms with Gasteiger partial charge in [-0.2, -0.15) is 0 Å². The fraction of sp³-hybridized carbons (Fsp3) is 0.300. The fourth-order valence-corrected chi connectivity index (χ4v) is 4.29. The van der Waals surface area contributed by atoms with Crippen LogP contribution < -0.4 is 0 Å². The summed E-state index contributed by atoms with van der Waals surface area (Å²) in [4.78, 5) is 27.7. The van der Waals surface area contributed by atoms with Crippen molar-refractivity contribution in [1.82, 2.24) is 4.90 Å². The first-order chi connectivity index (χ1) is 13.1. The molecule has 2 atom stereocenters. The van der Waals surface area contributed by atoms with Crippen LogP contribution in [0.5, 0.6) is 0 Å². The largest absolute Gasteiger partial charge is 0.503 e. The molecule has 2 unspecified atom stereocenters. The molecule has 2 aliphatic rings. The molecule has 27 heavy (non-hydrogen) atoms. The van der Waals surface area contributed by atoms with E-state index < -0.39 is 23.5 Å². The van der Waals surface area contributed by atoms with Crippen LogP contribution in [0.3, 0.4) is 0 Å². The van der Waals surface area contributed by atoms with E-state index in [1.54, 1.807) is 17.5 Å². The first-order valence-corrected chi connectivity index (χ1v) is 9.63. The van der Waals surface area contributed by atoms with Gasteiger partial charge in [0.2, 0.25) is 5.78 Å². The molecule has 4 rings (SSSR count). The molecule has 1 aromatic heterocycles. The summed E-state index contributed by atoms with van der Waals surface area (Å²) >= 11 is 1.25. The molecule has 0 radical (unpaired) electrons. The summed E-state index contributed by atoms with van der Waals surface area (Å²) < 4.78 is 19.0. The zero-order valence-corrected chi connectivity index (χ0v) is 15.2. The Kier molecular flexibility index (Phi) is 4.80. The van der Waals surface area contributed by atoms with Gasteiger partial charge in [-0.3, -0.25) is 9.59 Å². The predicted octanol–water partition coefficient (Wildman–Crippen LogP) is 3.64. The lowest BCUT2D eigenvalue weighted by molar-refractivity contribution is -0.131. The van der Waals surface area contributed by atoms with Gasteiger partial charge in [0.15, 0.2) is 5.76 Å². The van der Waals surface area contributed by atoms with E-state index >= 15 is 0 Å². The standard InChI is InChI=1S/C20H18FNO4S/c21-13-7-5-12(6-8-13)17-16(18(23)15-4-2-10-27-15)19(24)20(25)22(17)11-14-3-1-9-26-14/h2,4-8,10,14,17,24H,1,3,9,11H2. The number of ether oxygens (including phenoxy) is 1. The van der Waals surface area contributed by atoms with E-state index in [2.05, 4.69) is 0 Å². The maximum Gasteiger partial charge on any atom is 0.290 e. The topological polar surface area (TPSA) is 66.8 Å². The Bertz CT molecular complexity index is 885. The van der Waals surface area contributed by atoms with Crippen molar-refractivity contribution in [2.24, 2.45) is 0 Å².